The van der Waals surface area contributed by atoms with E-state index in [0.717, 1.165) is 32.5 Å². The molecule has 2 aromatic heterocycles. The molecule has 0 atom stereocenters. The number of piperazine rings is 1. The van der Waals surface area contributed by atoms with Gasteiger partial charge in [0.25, 0.3) is 0 Å². The van der Waals surface area contributed by atoms with E-state index in [1.165, 1.54) is 11.6 Å². The van der Waals surface area contributed by atoms with Crippen molar-refractivity contribution in [2.24, 2.45) is 0 Å². The summed E-state index contributed by atoms with van der Waals surface area (Å²) in [6.45, 7) is 3.94. The van der Waals surface area contributed by atoms with Gasteiger partial charge < -0.3 is 9.42 Å². The standard InChI is InChI=1S/C23H23FN4O2/c24-19-4-2-1-3-18(19)20-15-21(26-30-20)23(7-8-23)22(29)28-13-11-27(12-14-28)16-17-5-9-25-10-6-17/h1-6,9-10,15H,7-8,11-14,16H2. The summed E-state index contributed by atoms with van der Waals surface area (Å²) < 4.78 is 19.5. The molecule has 6 nitrogen and oxygen atoms in total. The third-order valence-corrected chi connectivity index (χ3v) is 6.11. The lowest BCUT2D eigenvalue weighted by Crippen LogP contribution is -2.51. The van der Waals surface area contributed by atoms with E-state index in [1.54, 1.807) is 36.7 Å². The molecule has 0 N–H and O–H groups in total. The van der Waals surface area contributed by atoms with Crippen LogP contribution in [0, 0.1) is 5.82 Å². The summed E-state index contributed by atoms with van der Waals surface area (Å²) in [7, 11) is 0. The van der Waals surface area contributed by atoms with Gasteiger partial charge in [0.15, 0.2) is 5.76 Å². The average Bonchev–Trinajstić information content (AvgIpc) is 3.45. The van der Waals surface area contributed by atoms with Crippen LogP contribution in [0.5, 0.6) is 0 Å². The number of benzene rings is 1. The van der Waals surface area contributed by atoms with Gasteiger partial charge in [-0.1, -0.05) is 17.3 Å². The van der Waals surface area contributed by atoms with Gasteiger partial charge in [-0.05, 0) is 42.7 Å². The number of aromatic nitrogens is 2. The van der Waals surface area contributed by atoms with Crippen LogP contribution >= 0.6 is 0 Å². The molecule has 2 fully saturated rings. The van der Waals surface area contributed by atoms with Crippen LogP contribution in [0.25, 0.3) is 11.3 Å². The maximum Gasteiger partial charge on any atom is 0.235 e. The van der Waals surface area contributed by atoms with Crippen LogP contribution in [-0.2, 0) is 16.8 Å². The molecule has 154 valence electrons. The van der Waals surface area contributed by atoms with Crippen LogP contribution in [0.15, 0.2) is 59.4 Å². The van der Waals surface area contributed by atoms with Crippen molar-refractivity contribution < 1.29 is 13.7 Å². The second-order valence-corrected chi connectivity index (χ2v) is 8.06. The van der Waals surface area contributed by atoms with Crippen molar-refractivity contribution in [2.45, 2.75) is 24.8 Å². The van der Waals surface area contributed by atoms with Gasteiger partial charge in [-0.3, -0.25) is 14.7 Å². The lowest BCUT2D eigenvalue weighted by atomic mass is 9.99. The van der Waals surface area contributed by atoms with Gasteiger partial charge >= 0.3 is 0 Å². The molecule has 2 aliphatic rings. The number of hydrogen-bond donors (Lipinski definition) is 0. The molecule has 0 unspecified atom stereocenters. The highest BCUT2D eigenvalue weighted by Gasteiger charge is 2.55. The fourth-order valence-corrected chi connectivity index (χ4v) is 4.15. The normalized spacial score (nSPS) is 18.4. The molecule has 0 spiro atoms. The second kappa shape index (κ2) is 7.65. The maximum atomic E-state index is 14.1. The minimum Gasteiger partial charge on any atom is -0.356 e. The third-order valence-electron chi connectivity index (χ3n) is 6.11. The predicted octanol–water partition coefficient (Wildman–Crippen LogP) is 3.25. The zero-order chi connectivity index (χ0) is 20.6. The smallest absolute Gasteiger partial charge is 0.235 e. The highest BCUT2D eigenvalue weighted by atomic mass is 19.1. The molecule has 1 saturated carbocycles. The zero-order valence-electron chi connectivity index (χ0n) is 16.6. The number of carbonyl (C=O) groups excluding carboxylic acids is 1. The first-order valence-corrected chi connectivity index (χ1v) is 10.3. The Morgan fingerprint density at radius 3 is 2.50 bits per heavy atom. The summed E-state index contributed by atoms with van der Waals surface area (Å²) in [5.74, 6) is 0.116. The number of halogens is 1. The first-order chi connectivity index (χ1) is 14.7. The molecular weight excluding hydrogens is 383 g/mol. The monoisotopic (exact) mass is 406 g/mol. The van der Waals surface area contributed by atoms with Crippen LogP contribution in [0.1, 0.15) is 24.1 Å². The topological polar surface area (TPSA) is 62.5 Å². The van der Waals surface area contributed by atoms with Crippen LogP contribution in [0.3, 0.4) is 0 Å². The molecule has 1 saturated heterocycles. The minimum atomic E-state index is -0.611. The molecule has 0 radical (unpaired) electrons. The Balaban J connectivity index is 1.25. The Morgan fingerprint density at radius 1 is 1.07 bits per heavy atom. The largest absolute Gasteiger partial charge is 0.356 e. The van der Waals surface area contributed by atoms with E-state index in [4.69, 9.17) is 4.52 Å². The first kappa shape index (κ1) is 18.9. The number of nitrogens with zero attached hydrogens (tertiary/aromatic N) is 4. The number of hydrogen-bond acceptors (Lipinski definition) is 5. The molecule has 1 aromatic carbocycles. The summed E-state index contributed by atoms with van der Waals surface area (Å²) in [5.41, 5.74) is 1.60. The van der Waals surface area contributed by atoms with E-state index in [9.17, 15) is 9.18 Å². The van der Waals surface area contributed by atoms with Crippen LogP contribution < -0.4 is 0 Å². The minimum absolute atomic E-state index is 0.111. The number of rotatable bonds is 5. The lowest BCUT2D eigenvalue weighted by molar-refractivity contribution is -0.136. The van der Waals surface area contributed by atoms with Gasteiger partial charge in [0.2, 0.25) is 5.91 Å². The molecule has 1 aliphatic heterocycles. The number of carbonyl (C=O) groups is 1. The van der Waals surface area contributed by atoms with Gasteiger partial charge in [-0.25, -0.2) is 4.39 Å². The zero-order valence-corrected chi connectivity index (χ0v) is 16.6. The molecule has 3 aromatic rings. The molecular formula is C23H23FN4O2. The second-order valence-electron chi connectivity index (χ2n) is 8.06. The molecule has 1 aliphatic carbocycles. The molecule has 7 heteroatoms. The Hall–Kier alpha value is -3.06. The first-order valence-electron chi connectivity index (χ1n) is 10.3. The summed E-state index contributed by atoms with van der Waals surface area (Å²) in [5, 5.41) is 4.15. The van der Waals surface area contributed by atoms with Gasteiger partial charge in [-0.15, -0.1) is 0 Å². The molecule has 3 heterocycles. The predicted molar refractivity (Wildman–Crippen MR) is 109 cm³/mol. The van der Waals surface area contributed by atoms with E-state index in [0.29, 0.717) is 30.1 Å². The molecule has 1 amide bonds. The summed E-state index contributed by atoms with van der Waals surface area (Å²) >= 11 is 0. The van der Waals surface area contributed by atoms with E-state index < -0.39 is 5.41 Å². The Labute approximate surface area is 174 Å². The van der Waals surface area contributed by atoms with Crippen LogP contribution in [0.4, 0.5) is 4.39 Å². The Bertz CT molecular complexity index is 1040. The van der Waals surface area contributed by atoms with Gasteiger partial charge in [0, 0.05) is 51.2 Å². The number of pyridine rings is 1. The molecule has 0 bridgehead atoms. The summed E-state index contributed by atoms with van der Waals surface area (Å²) in [6, 6.07) is 12.2. The molecule has 5 rings (SSSR count). The Morgan fingerprint density at radius 2 is 1.80 bits per heavy atom. The van der Waals surface area contributed by atoms with Gasteiger partial charge in [0.1, 0.15) is 5.82 Å². The quantitative estimate of drug-likeness (QED) is 0.651. The summed E-state index contributed by atoms with van der Waals surface area (Å²) in [4.78, 5) is 21.7. The fourth-order valence-electron chi connectivity index (χ4n) is 4.15. The van der Waals surface area contributed by atoms with Crippen molar-refractivity contribution in [1.29, 1.82) is 0 Å². The van der Waals surface area contributed by atoms with Crippen LogP contribution in [-0.4, -0.2) is 52.0 Å². The lowest BCUT2D eigenvalue weighted by Gasteiger charge is -2.36. The van der Waals surface area contributed by atoms with Crippen LogP contribution in [0.2, 0.25) is 0 Å². The Kier molecular flexibility index (Phi) is 4.83. The van der Waals surface area contributed by atoms with Crippen molar-refractivity contribution in [1.82, 2.24) is 19.9 Å². The highest BCUT2D eigenvalue weighted by Crippen LogP contribution is 2.50. The van der Waals surface area contributed by atoms with Gasteiger partial charge in [-0.2, -0.15) is 0 Å². The molecule has 30 heavy (non-hydrogen) atoms. The van der Waals surface area contributed by atoms with E-state index in [1.807, 2.05) is 17.0 Å². The van der Waals surface area contributed by atoms with E-state index in [-0.39, 0.29) is 11.7 Å². The van der Waals surface area contributed by atoms with E-state index >= 15 is 0 Å². The maximum absolute atomic E-state index is 14.1. The highest BCUT2D eigenvalue weighted by molar-refractivity contribution is 5.91. The van der Waals surface area contributed by atoms with Gasteiger partial charge in [0.05, 0.1) is 16.7 Å². The average molecular weight is 406 g/mol. The van der Waals surface area contributed by atoms with Crippen molar-refractivity contribution in [3.63, 3.8) is 0 Å². The van der Waals surface area contributed by atoms with E-state index in [2.05, 4.69) is 15.0 Å². The summed E-state index contributed by atoms with van der Waals surface area (Å²) in [6.07, 6.45) is 5.12. The van der Waals surface area contributed by atoms with Crippen molar-refractivity contribution >= 4 is 5.91 Å². The fraction of sp³-hybridized carbons (Fsp3) is 0.348. The van der Waals surface area contributed by atoms with Crippen molar-refractivity contribution in [3.8, 4) is 11.3 Å². The SMILES string of the molecule is O=C(N1CCN(Cc2ccncc2)CC1)C1(c2cc(-c3ccccc3F)on2)CC1. The van der Waals surface area contributed by atoms with Crippen molar-refractivity contribution in [3.05, 3.63) is 71.9 Å². The van der Waals surface area contributed by atoms with Crippen molar-refractivity contribution in [2.75, 3.05) is 26.2 Å². The third kappa shape index (κ3) is 3.50. The number of amides is 1.